The Morgan fingerprint density at radius 1 is 1.04 bits per heavy atom. The summed E-state index contributed by atoms with van der Waals surface area (Å²) < 4.78 is 0. The molecule has 0 radical (unpaired) electrons. The number of anilines is 1. The molecule has 0 saturated heterocycles. The van der Waals surface area contributed by atoms with E-state index in [2.05, 4.69) is 5.32 Å². The van der Waals surface area contributed by atoms with Crippen molar-refractivity contribution in [2.45, 2.75) is 38.5 Å². The largest absolute Gasteiger partial charge is 0.366 e. The van der Waals surface area contributed by atoms with Crippen LogP contribution in [0.4, 0.5) is 5.69 Å². The summed E-state index contributed by atoms with van der Waals surface area (Å²) >= 11 is 1.59. The van der Waals surface area contributed by atoms with Crippen LogP contribution in [-0.4, -0.2) is 11.8 Å². The first-order valence-electron chi connectivity index (χ1n) is 7.96. The highest BCUT2D eigenvalue weighted by Crippen LogP contribution is 2.29. The number of carbonyl (C=O) groups is 2. The molecule has 0 bridgehead atoms. The first-order chi connectivity index (χ1) is 11.1. The van der Waals surface area contributed by atoms with Gasteiger partial charge in [-0.3, -0.25) is 9.59 Å². The minimum absolute atomic E-state index is 0.122. The van der Waals surface area contributed by atoms with Crippen LogP contribution in [0.1, 0.15) is 56.2 Å². The number of rotatable bonds is 3. The Hall–Kier alpha value is -2.14. The molecule has 0 unspecified atom stereocenters. The van der Waals surface area contributed by atoms with Crippen LogP contribution in [0.2, 0.25) is 0 Å². The monoisotopic (exact) mass is 328 g/mol. The van der Waals surface area contributed by atoms with Crippen molar-refractivity contribution in [3.8, 4) is 0 Å². The number of nitrogens with one attached hydrogen (secondary N) is 1. The second kappa shape index (κ2) is 6.96. The van der Waals surface area contributed by atoms with Crippen molar-refractivity contribution >= 4 is 28.8 Å². The normalized spacial score (nSPS) is 14.4. The van der Waals surface area contributed by atoms with E-state index in [1.165, 1.54) is 36.1 Å². The zero-order valence-corrected chi connectivity index (χ0v) is 13.7. The van der Waals surface area contributed by atoms with E-state index in [0.29, 0.717) is 11.3 Å². The Balaban J connectivity index is 1.77. The van der Waals surface area contributed by atoms with E-state index in [0.717, 1.165) is 17.7 Å². The van der Waals surface area contributed by atoms with Gasteiger partial charge in [0, 0.05) is 16.1 Å². The predicted octanol–water partition coefficient (Wildman–Crippen LogP) is 3.76. The molecule has 1 aromatic carbocycles. The Labute approximate surface area is 139 Å². The van der Waals surface area contributed by atoms with E-state index in [-0.39, 0.29) is 5.91 Å². The zero-order chi connectivity index (χ0) is 16.2. The Morgan fingerprint density at radius 3 is 2.61 bits per heavy atom. The van der Waals surface area contributed by atoms with Gasteiger partial charge >= 0.3 is 0 Å². The van der Waals surface area contributed by atoms with Crippen LogP contribution in [0.3, 0.4) is 0 Å². The standard InChI is InChI=1S/C18H20N2O2S/c19-17(21)13-7-5-8-14(10-13)20-18(22)16-11-12-6-3-1-2-4-9-15(12)23-16/h5,7-8,10-11H,1-4,6,9H2,(H2,19,21)(H,20,22). The molecule has 2 aromatic rings. The second-order valence-corrected chi connectivity index (χ2v) is 7.01. The molecule has 1 aliphatic carbocycles. The minimum Gasteiger partial charge on any atom is -0.366 e. The van der Waals surface area contributed by atoms with Crippen LogP contribution in [0, 0.1) is 0 Å². The third kappa shape index (κ3) is 3.79. The van der Waals surface area contributed by atoms with Crippen LogP contribution < -0.4 is 11.1 Å². The van der Waals surface area contributed by atoms with Gasteiger partial charge in [0.15, 0.2) is 0 Å². The number of benzene rings is 1. The predicted molar refractivity (Wildman–Crippen MR) is 93.1 cm³/mol. The molecule has 3 N–H and O–H groups in total. The highest BCUT2D eigenvalue weighted by atomic mass is 32.1. The minimum atomic E-state index is -0.500. The summed E-state index contributed by atoms with van der Waals surface area (Å²) in [5.74, 6) is -0.622. The lowest BCUT2D eigenvalue weighted by Crippen LogP contribution is -2.13. The molecule has 0 saturated carbocycles. The average Bonchev–Trinajstić information content (AvgIpc) is 2.90. The molecule has 2 amide bonds. The van der Waals surface area contributed by atoms with E-state index in [9.17, 15) is 9.59 Å². The number of thiophene rings is 1. The molecule has 0 aliphatic heterocycles. The van der Waals surface area contributed by atoms with E-state index < -0.39 is 5.91 Å². The smallest absolute Gasteiger partial charge is 0.265 e. The van der Waals surface area contributed by atoms with Crippen molar-refractivity contribution in [2.24, 2.45) is 5.73 Å². The van der Waals surface area contributed by atoms with Gasteiger partial charge in [0.2, 0.25) is 5.91 Å². The second-order valence-electron chi connectivity index (χ2n) is 5.87. The fourth-order valence-electron chi connectivity index (χ4n) is 2.90. The Kier molecular flexibility index (Phi) is 4.76. The Morgan fingerprint density at radius 2 is 1.83 bits per heavy atom. The summed E-state index contributed by atoms with van der Waals surface area (Å²) in [6.07, 6.45) is 7.09. The molecule has 23 heavy (non-hydrogen) atoms. The average molecular weight is 328 g/mol. The highest BCUT2D eigenvalue weighted by molar-refractivity contribution is 7.14. The number of nitrogens with two attached hydrogens (primary N) is 1. The fourth-order valence-corrected chi connectivity index (χ4v) is 4.05. The van der Waals surface area contributed by atoms with Gasteiger partial charge in [0.1, 0.15) is 0 Å². The number of hydrogen-bond acceptors (Lipinski definition) is 3. The van der Waals surface area contributed by atoms with Crippen molar-refractivity contribution in [3.63, 3.8) is 0 Å². The summed E-state index contributed by atoms with van der Waals surface area (Å²) in [7, 11) is 0. The molecule has 0 fully saturated rings. The quantitative estimate of drug-likeness (QED) is 0.900. The van der Waals surface area contributed by atoms with Gasteiger partial charge in [-0.2, -0.15) is 0 Å². The van der Waals surface area contributed by atoms with E-state index in [1.807, 2.05) is 6.07 Å². The molecule has 3 rings (SSSR count). The summed E-state index contributed by atoms with van der Waals surface area (Å²) in [6, 6.07) is 8.73. The third-order valence-corrected chi connectivity index (χ3v) is 5.36. The molecule has 1 aromatic heterocycles. The molecule has 5 heteroatoms. The van der Waals surface area contributed by atoms with Crippen molar-refractivity contribution < 1.29 is 9.59 Å². The number of aryl methyl sites for hydroxylation is 2. The van der Waals surface area contributed by atoms with Crippen molar-refractivity contribution in [3.05, 3.63) is 51.2 Å². The number of amides is 2. The highest BCUT2D eigenvalue weighted by Gasteiger charge is 2.16. The Bertz CT molecular complexity index is 711. The van der Waals surface area contributed by atoms with Crippen LogP contribution in [0.5, 0.6) is 0 Å². The van der Waals surface area contributed by atoms with Gasteiger partial charge in [-0.05, 0) is 55.5 Å². The zero-order valence-electron chi connectivity index (χ0n) is 12.9. The molecule has 1 heterocycles. The molecule has 120 valence electrons. The van der Waals surface area contributed by atoms with Crippen LogP contribution >= 0.6 is 11.3 Å². The van der Waals surface area contributed by atoms with E-state index in [1.54, 1.807) is 35.6 Å². The maximum atomic E-state index is 12.5. The van der Waals surface area contributed by atoms with Gasteiger partial charge in [-0.15, -0.1) is 11.3 Å². The maximum Gasteiger partial charge on any atom is 0.265 e. The number of fused-ring (bicyclic) bond motifs is 1. The van der Waals surface area contributed by atoms with Crippen molar-refractivity contribution in [2.75, 3.05) is 5.32 Å². The molecular formula is C18H20N2O2S. The molecule has 1 aliphatic rings. The first kappa shape index (κ1) is 15.7. The number of primary amides is 1. The maximum absolute atomic E-state index is 12.5. The first-order valence-corrected chi connectivity index (χ1v) is 8.78. The van der Waals surface area contributed by atoms with Crippen LogP contribution in [0.25, 0.3) is 0 Å². The van der Waals surface area contributed by atoms with Gasteiger partial charge < -0.3 is 11.1 Å². The molecule has 4 nitrogen and oxygen atoms in total. The van der Waals surface area contributed by atoms with Crippen LogP contribution in [0.15, 0.2) is 30.3 Å². The summed E-state index contributed by atoms with van der Waals surface area (Å²) in [6.45, 7) is 0. The summed E-state index contributed by atoms with van der Waals surface area (Å²) in [5, 5.41) is 2.86. The fraction of sp³-hybridized carbons (Fsp3) is 0.333. The van der Waals surface area contributed by atoms with Crippen molar-refractivity contribution in [1.82, 2.24) is 0 Å². The number of hydrogen-bond donors (Lipinski definition) is 2. The number of carbonyl (C=O) groups excluding carboxylic acids is 2. The lowest BCUT2D eigenvalue weighted by molar-refractivity contribution is 0.0996. The van der Waals surface area contributed by atoms with Crippen molar-refractivity contribution in [1.29, 1.82) is 0 Å². The lowest BCUT2D eigenvalue weighted by atomic mass is 10.00. The van der Waals surface area contributed by atoms with Gasteiger partial charge in [-0.25, -0.2) is 0 Å². The van der Waals surface area contributed by atoms with Gasteiger partial charge in [0.05, 0.1) is 4.88 Å². The van der Waals surface area contributed by atoms with E-state index >= 15 is 0 Å². The topological polar surface area (TPSA) is 72.2 Å². The summed E-state index contributed by atoms with van der Waals surface area (Å²) in [4.78, 5) is 25.8. The summed E-state index contributed by atoms with van der Waals surface area (Å²) in [5.41, 5.74) is 7.58. The van der Waals surface area contributed by atoms with Gasteiger partial charge in [0.25, 0.3) is 5.91 Å². The van der Waals surface area contributed by atoms with E-state index in [4.69, 9.17) is 5.73 Å². The SMILES string of the molecule is NC(=O)c1cccc(NC(=O)c2cc3c(s2)CCCCCC3)c1. The van der Waals surface area contributed by atoms with Gasteiger partial charge in [-0.1, -0.05) is 18.9 Å². The molecule has 0 spiro atoms. The molecule has 0 atom stereocenters. The molecular weight excluding hydrogens is 308 g/mol. The van der Waals surface area contributed by atoms with Crippen LogP contribution in [-0.2, 0) is 12.8 Å². The third-order valence-electron chi connectivity index (χ3n) is 4.13. The lowest BCUT2D eigenvalue weighted by Gasteiger charge is -2.07.